The third kappa shape index (κ3) is 5.01. The quantitative estimate of drug-likeness (QED) is 0.318. The smallest absolute Gasteiger partial charge is 0.412 e. The average Bonchev–Trinajstić information content (AvgIpc) is 3.66. The van der Waals surface area contributed by atoms with Gasteiger partial charge < -0.3 is 19.3 Å². The standard InChI is InChI=1S/C29H28F3N7O3S/c1-29(2,3)42-28(40)37-26-13(6-33)21-24(34-8-17(30)25(21)43-26)20-16-12-41-11-15(16)14-7-35-27(36-23(14)22(20)32)39-9-18(31)19(10-39)38(4)5/h7-8,18-19H,9-12H2,1-5H3,(H,37,40)/t18-,19+/m1/s1. The van der Waals surface area contributed by atoms with Crippen LogP contribution in [0.1, 0.15) is 37.5 Å². The normalized spacial score (nSPS) is 18.5. The zero-order valence-electron chi connectivity index (χ0n) is 24.1. The van der Waals surface area contributed by atoms with Gasteiger partial charge in [0.05, 0.1) is 48.0 Å². The summed E-state index contributed by atoms with van der Waals surface area (Å²) in [4.78, 5) is 29.2. The molecule has 2 atom stereocenters. The molecule has 2 aliphatic rings. The molecule has 1 fully saturated rings. The monoisotopic (exact) mass is 611 g/mol. The van der Waals surface area contributed by atoms with Gasteiger partial charge in [0, 0.05) is 29.1 Å². The summed E-state index contributed by atoms with van der Waals surface area (Å²) in [5.74, 6) is -1.31. The first-order valence-electron chi connectivity index (χ1n) is 13.5. The number of hydrogen-bond acceptors (Lipinski definition) is 10. The molecule has 1 aromatic carbocycles. The van der Waals surface area contributed by atoms with Gasteiger partial charge in [-0.25, -0.2) is 27.9 Å². The average molecular weight is 612 g/mol. The van der Waals surface area contributed by atoms with Crippen molar-refractivity contribution < 1.29 is 27.4 Å². The second kappa shape index (κ2) is 10.6. The summed E-state index contributed by atoms with van der Waals surface area (Å²) in [5, 5.41) is 13.2. The van der Waals surface area contributed by atoms with Gasteiger partial charge >= 0.3 is 6.09 Å². The molecule has 0 bridgehead atoms. The van der Waals surface area contributed by atoms with E-state index in [9.17, 15) is 14.4 Å². The van der Waals surface area contributed by atoms with Crippen LogP contribution in [0.4, 0.5) is 28.9 Å². The highest BCUT2D eigenvalue weighted by molar-refractivity contribution is 7.23. The number of halogens is 3. The highest BCUT2D eigenvalue weighted by atomic mass is 32.1. The van der Waals surface area contributed by atoms with Gasteiger partial charge in [0.2, 0.25) is 5.95 Å². The lowest BCUT2D eigenvalue weighted by molar-refractivity contribution is 0.0636. The Labute approximate surface area is 249 Å². The molecule has 1 N–H and O–H groups in total. The Morgan fingerprint density at radius 2 is 1.95 bits per heavy atom. The van der Waals surface area contributed by atoms with Crippen LogP contribution in [0, 0.1) is 23.0 Å². The number of fused-ring (bicyclic) bond motifs is 4. The number of amides is 1. The summed E-state index contributed by atoms with van der Waals surface area (Å²) in [6.07, 6.45) is 0.508. The van der Waals surface area contributed by atoms with Crippen molar-refractivity contribution in [3.63, 3.8) is 0 Å². The van der Waals surface area contributed by atoms with Crippen LogP contribution in [-0.4, -0.2) is 70.9 Å². The minimum Gasteiger partial charge on any atom is -0.444 e. The molecule has 0 aliphatic carbocycles. The first kappa shape index (κ1) is 29.0. The molecule has 1 amide bonds. The van der Waals surface area contributed by atoms with Crippen LogP contribution in [0.5, 0.6) is 0 Å². The van der Waals surface area contributed by atoms with Gasteiger partial charge in [0.25, 0.3) is 0 Å². The Balaban J connectivity index is 1.53. The number of carbonyl (C=O) groups excluding carboxylic acids is 1. The molecule has 1 saturated heterocycles. The summed E-state index contributed by atoms with van der Waals surface area (Å²) >= 11 is 0.828. The number of rotatable bonds is 4. The number of thiophene rings is 1. The largest absolute Gasteiger partial charge is 0.444 e. The molecular weight excluding hydrogens is 583 g/mol. The number of hydrogen-bond donors (Lipinski definition) is 1. The van der Waals surface area contributed by atoms with Crippen molar-refractivity contribution in [1.82, 2.24) is 19.9 Å². The van der Waals surface area contributed by atoms with Gasteiger partial charge in [0.1, 0.15) is 28.4 Å². The fourth-order valence-corrected chi connectivity index (χ4v) is 6.59. The van der Waals surface area contributed by atoms with Crippen molar-refractivity contribution in [2.45, 2.75) is 51.8 Å². The number of nitrogens with one attached hydrogen (secondary N) is 1. The number of ether oxygens (including phenoxy) is 2. The van der Waals surface area contributed by atoms with Gasteiger partial charge in [-0.1, -0.05) is 0 Å². The van der Waals surface area contributed by atoms with Gasteiger partial charge in [0.15, 0.2) is 11.6 Å². The van der Waals surface area contributed by atoms with E-state index in [4.69, 9.17) is 9.47 Å². The van der Waals surface area contributed by atoms with Crippen LogP contribution in [0.2, 0.25) is 0 Å². The number of carbonyl (C=O) groups is 1. The van der Waals surface area contributed by atoms with Crippen molar-refractivity contribution >= 4 is 49.4 Å². The Bertz CT molecular complexity index is 1830. The molecule has 224 valence electrons. The van der Waals surface area contributed by atoms with Crippen LogP contribution < -0.4 is 10.2 Å². The molecule has 10 nitrogen and oxygen atoms in total. The van der Waals surface area contributed by atoms with E-state index < -0.39 is 29.5 Å². The van der Waals surface area contributed by atoms with Crippen LogP contribution in [0.15, 0.2) is 12.4 Å². The maximum Gasteiger partial charge on any atom is 0.412 e. The number of benzene rings is 1. The second-order valence-corrected chi connectivity index (χ2v) is 12.7. The summed E-state index contributed by atoms with van der Waals surface area (Å²) in [6, 6.07) is 1.66. The number of aromatic nitrogens is 3. The lowest BCUT2D eigenvalue weighted by Gasteiger charge is -2.21. The zero-order valence-corrected chi connectivity index (χ0v) is 24.9. The molecule has 4 aromatic rings. The third-order valence-corrected chi connectivity index (χ3v) is 8.60. The van der Waals surface area contributed by atoms with Crippen LogP contribution >= 0.6 is 11.3 Å². The molecule has 0 unspecified atom stereocenters. The fraction of sp³-hybridized carbons (Fsp3) is 0.414. The molecule has 2 aliphatic heterocycles. The van der Waals surface area contributed by atoms with Crippen molar-refractivity contribution in [2.24, 2.45) is 0 Å². The number of nitrogens with zero attached hydrogens (tertiary/aromatic N) is 6. The van der Waals surface area contributed by atoms with E-state index in [0.29, 0.717) is 23.1 Å². The van der Waals surface area contributed by atoms with Gasteiger partial charge in [-0.2, -0.15) is 5.26 Å². The molecule has 0 spiro atoms. The van der Waals surface area contributed by atoms with E-state index in [1.807, 2.05) is 6.07 Å². The lowest BCUT2D eigenvalue weighted by Crippen LogP contribution is -2.36. The van der Waals surface area contributed by atoms with Crippen LogP contribution in [-0.2, 0) is 22.7 Å². The summed E-state index contributed by atoms with van der Waals surface area (Å²) in [5.41, 5.74) is 0.251. The zero-order chi connectivity index (χ0) is 30.8. The summed E-state index contributed by atoms with van der Waals surface area (Å²) < 4.78 is 57.5. The summed E-state index contributed by atoms with van der Waals surface area (Å²) in [6.45, 7) is 5.65. The van der Waals surface area contributed by atoms with Gasteiger partial charge in [-0.05, 0) is 46.0 Å². The van der Waals surface area contributed by atoms with Crippen molar-refractivity contribution in [3.8, 4) is 17.3 Å². The maximum absolute atomic E-state index is 16.7. The van der Waals surface area contributed by atoms with Crippen molar-refractivity contribution in [3.05, 3.63) is 40.7 Å². The Morgan fingerprint density at radius 1 is 1.21 bits per heavy atom. The first-order valence-corrected chi connectivity index (χ1v) is 14.3. The van der Waals surface area contributed by atoms with Crippen LogP contribution in [0.3, 0.4) is 0 Å². The van der Waals surface area contributed by atoms with Crippen molar-refractivity contribution in [1.29, 1.82) is 5.26 Å². The van der Waals surface area contributed by atoms with E-state index >= 15 is 8.78 Å². The topological polar surface area (TPSA) is 116 Å². The van der Waals surface area contributed by atoms with Gasteiger partial charge in [-0.15, -0.1) is 11.3 Å². The third-order valence-electron chi connectivity index (χ3n) is 7.49. The molecule has 6 rings (SSSR count). The predicted octanol–water partition coefficient (Wildman–Crippen LogP) is 5.52. The minimum atomic E-state index is -1.13. The molecule has 43 heavy (non-hydrogen) atoms. The fourth-order valence-electron chi connectivity index (χ4n) is 5.55. The van der Waals surface area contributed by atoms with E-state index in [2.05, 4.69) is 20.3 Å². The predicted molar refractivity (Wildman–Crippen MR) is 156 cm³/mol. The number of pyridine rings is 1. The number of nitriles is 1. The van der Waals surface area contributed by atoms with Crippen LogP contribution in [0.25, 0.3) is 32.2 Å². The van der Waals surface area contributed by atoms with E-state index in [0.717, 1.165) is 17.5 Å². The highest BCUT2D eigenvalue weighted by Gasteiger charge is 2.36. The lowest BCUT2D eigenvalue weighted by atomic mass is 9.94. The van der Waals surface area contributed by atoms with Gasteiger partial charge in [-0.3, -0.25) is 10.3 Å². The van der Waals surface area contributed by atoms with E-state index in [1.54, 1.807) is 44.7 Å². The minimum absolute atomic E-state index is 0.0143. The first-order chi connectivity index (χ1) is 20.4. The molecule has 5 heterocycles. The van der Waals surface area contributed by atoms with E-state index in [1.165, 1.54) is 6.20 Å². The molecule has 14 heteroatoms. The second-order valence-electron chi connectivity index (χ2n) is 11.7. The molecular formula is C29H28F3N7O3S. The Hall–Kier alpha value is -4.06. The van der Waals surface area contributed by atoms with E-state index in [-0.39, 0.29) is 69.2 Å². The highest BCUT2D eigenvalue weighted by Crippen LogP contribution is 2.46. The molecule has 0 saturated carbocycles. The van der Waals surface area contributed by atoms with Crippen molar-refractivity contribution in [2.75, 3.05) is 37.4 Å². The number of anilines is 2. The Kier molecular flexibility index (Phi) is 7.15. The number of alkyl halides is 1. The molecule has 3 aromatic heterocycles. The Morgan fingerprint density at radius 3 is 2.63 bits per heavy atom. The number of likely N-dealkylation sites (N-methyl/N-ethyl adjacent to an activating group) is 1. The molecule has 0 radical (unpaired) electrons. The SMILES string of the molecule is CN(C)[C@H]1CN(c2ncc3c4c(c(-c5ncc(F)c6sc(NC(=O)OC(C)(C)C)c(C#N)c56)c(F)c3n2)COC4)C[C@H]1F. The summed E-state index contributed by atoms with van der Waals surface area (Å²) in [7, 11) is 3.59. The maximum atomic E-state index is 16.7.